The van der Waals surface area contributed by atoms with Crippen LogP contribution in [0.5, 0.6) is 0 Å². The highest BCUT2D eigenvalue weighted by atomic mass is 16.4. The predicted molar refractivity (Wildman–Crippen MR) is 63.4 cm³/mol. The van der Waals surface area contributed by atoms with Crippen molar-refractivity contribution in [1.82, 2.24) is 15.3 Å². The SMILES string of the molecule is CN(C)NC(=O)N1CCCC(CCC(=O)O)C1. The summed E-state index contributed by atoms with van der Waals surface area (Å²) in [6, 6.07) is -0.102. The smallest absolute Gasteiger partial charge is 0.331 e. The van der Waals surface area contributed by atoms with Crippen molar-refractivity contribution >= 4 is 12.0 Å². The molecule has 0 spiro atoms. The van der Waals surface area contributed by atoms with E-state index in [9.17, 15) is 9.59 Å². The number of hydrogen-bond acceptors (Lipinski definition) is 3. The van der Waals surface area contributed by atoms with Gasteiger partial charge in [0.25, 0.3) is 0 Å². The maximum absolute atomic E-state index is 11.7. The number of hydrazine groups is 1. The second-order valence-electron chi connectivity index (χ2n) is 4.70. The van der Waals surface area contributed by atoms with Gasteiger partial charge in [0, 0.05) is 33.6 Å². The fourth-order valence-corrected chi connectivity index (χ4v) is 2.07. The van der Waals surface area contributed by atoms with E-state index in [1.165, 1.54) is 0 Å². The van der Waals surface area contributed by atoms with Crippen LogP contribution in [-0.2, 0) is 4.79 Å². The number of carboxylic acids is 1. The fraction of sp³-hybridized carbons (Fsp3) is 0.818. The van der Waals surface area contributed by atoms with Crippen LogP contribution in [0.2, 0.25) is 0 Å². The Balaban J connectivity index is 2.37. The van der Waals surface area contributed by atoms with Crippen molar-refractivity contribution in [2.75, 3.05) is 27.2 Å². The maximum Gasteiger partial charge on any atom is 0.331 e. The number of nitrogens with zero attached hydrogens (tertiary/aromatic N) is 2. The maximum atomic E-state index is 11.7. The Labute approximate surface area is 102 Å². The Morgan fingerprint density at radius 1 is 1.47 bits per heavy atom. The van der Waals surface area contributed by atoms with E-state index in [2.05, 4.69) is 5.43 Å². The number of urea groups is 1. The molecule has 1 atom stereocenters. The van der Waals surface area contributed by atoms with Gasteiger partial charge >= 0.3 is 12.0 Å². The van der Waals surface area contributed by atoms with E-state index >= 15 is 0 Å². The molecule has 0 aromatic heterocycles. The molecule has 98 valence electrons. The molecule has 0 aliphatic carbocycles. The zero-order valence-corrected chi connectivity index (χ0v) is 10.5. The summed E-state index contributed by atoms with van der Waals surface area (Å²) in [5.74, 6) is -0.451. The van der Waals surface area contributed by atoms with Crippen LogP contribution < -0.4 is 5.43 Å². The van der Waals surface area contributed by atoms with Gasteiger partial charge in [-0.15, -0.1) is 0 Å². The first kappa shape index (κ1) is 13.8. The van der Waals surface area contributed by atoms with Gasteiger partial charge in [0.15, 0.2) is 0 Å². The van der Waals surface area contributed by atoms with Gasteiger partial charge < -0.3 is 10.0 Å². The number of rotatable bonds is 4. The van der Waals surface area contributed by atoms with E-state index in [0.717, 1.165) is 19.4 Å². The van der Waals surface area contributed by atoms with Crippen LogP contribution in [0.1, 0.15) is 25.7 Å². The summed E-state index contributed by atoms with van der Waals surface area (Å²) in [5, 5.41) is 10.3. The van der Waals surface area contributed by atoms with Gasteiger partial charge in [-0.25, -0.2) is 9.80 Å². The number of hydrogen-bond donors (Lipinski definition) is 2. The van der Waals surface area contributed by atoms with E-state index in [1.807, 2.05) is 0 Å². The topological polar surface area (TPSA) is 72.9 Å². The molecule has 1 heterocycles. The van der Waals surface area contributed by atoms with E-state index in [4.69, 9.17) is 5.11 Å². The third kappa shape index (κ3) is 5.04. The van der Waals surface area contributed by atoms with Crippen molar-refractivity contribution in [1.29, 1.82) is 0 Å². The lowest BCUT2D eigenvalue weighted by atomic mass is 9.93. The summed E-state index contributed by atoms with van der Waals surface area (Å²) in [6.45, 7) is 1.41. The lowest BCUT2D eigenvalue weighted by molar-refractivity contribution is -0.137. The first-order valence-corrected chi connectivity index (χ1v) is 5.93. The normalized spacial score (nSPS) is 20.4. The Hall–Kier alpha value is -1.30. The van der Waals surface area contributed by atoms with Crippen LogP contribution in [0.3, 0.4) is 0 Å². The second kappa shape index (κ2) is 6.44. The molecule has 6 heteroatoms. The molecule has 0 bridgehead atoms. The minimum absolute atomic E-state index is 0.102. The van der Waals surface area contributed by atoms with Crippen LogP contribution in [0, 0.1) is 5.92 Å². The third-order valence-corrected chi connectivity index (χ3v) is 2.89. The average molecular weight is 243 g/mol. The molecule has 1 fully saturated rings. The Morgan fingerprint density at radius 2 is 2.18 bits per heavy atom. The van der Waals surface area contributed by atoms with Crippen molar-refractivity contribution in [3.05, 3.63) is 0 Å². The Morgan fingerprint density at radius 3 is 2.76 bits per heavy atom. The fourth-order valence-electron chi connectivity index (χ4n) is 2.07. The molecular formula is C11H21N3O3. The van der Waals surface area contributed by atoms with E-state index in [1.54, 1.807) is 24.0 Å². The van der Waals surface area contributed by atoms with Gasteiger partial charge in [-0.2, -0.15) is 0 Å². The molecule has 1 aliphatic rings. The number of likely N-dealkylation sites (tertiary alicyclic amines) is 1. The van der Waals surface area contributed by atoms with Crippen molar-refractivity contribution in [3.8, 4) is 0 Å². The molecule has 1 unspecified atom stereocenters. The first-order valence-electron chi connectivity index (χ1n) is 5.93. The first-order chi connectivity index (χ1) is 7.99. The lowest BCUT2D eigenvalue weighted by Crippen LogP contribution is -2.49. The molecule has 2 amide bonds. The lowest BCUT2D eigenvalue weighted by Gasteiger charge is -2.33. The number of amides is 2. The summed E-state index contributed by atoms with van der Waals surface area (Å²) in [5.41, 5.74) is 2.70. The van der Waals surface area contributed by atoms with Crippen LogP contribution in [0.25, 0.3) is 0 Å². The minimum Gasteiger partial charge on any atom is -0.481 e. The second-order valence-corrected chi connectivity index (χ2v) is 4.70. The molecule has 17 heavy (non-hydrogen) atoms. The van der Waals surface area contributed by atoms with Crippen LogP contribution >= 0.6 is 0 Å². The number of carboxylic acid groups (broad SMARTS) is 1. The highest BCUT2D eigenvalue weighted by Gasteiger charge is 2.24. The largest absolute Gasteiger partial charge is 0.481 e. The van der Waals surface area contributed by atoms with Gasteiger partial charge in [0.05, 0.1) is 0 Å². The van der Waals surface area contributed by atoms with Gasteiger partial charge in [0.2, 0.25) is 0 Å². The molecule has 0 aromatic rings. The monoisotopic (exact) mass is 243 g/mol. The van der Waals surface area contributed by atoms with Crippen LogP contribution in [0.4, 0.5) is 4.79 Å². The van der Waals surface area contributed by atoms with Crippen molar-refractivity contribution in [3.63, 3.8) is 0 Å². The van der Waals surface area contributed by atoms with Crippen LogP contribution in [0.15, 0.2) is 0 Å². The molecule has 0 radical (unpaired) electrons. The third-order valence-electron chi connectivity index (χ3n) is 2.89. The molecule has 0 saturated carbocycles. The van der Waals surface area contributed by atoms with Gasteiger partial charge in [-0.1, -0.05) is 0 Å². The molecule has 0 aromatic carbocycles. The number of carbonyl (C=O) groups is 2. The van der Waals surface area contributed by atoms with E-state index in [-0.39, 0.29) is 12.5 Å². The standard InChI is InChI=1S/C11H21N3O3/c1-13(2)12-11(17)14-7-3-4-9(8-14)5-6-10(15)16/h9H,3-8H2,1-2H3,(H,12,17)(H,15,16). The van der Waals surface area contributed by atoms with Gasteiger partial charge in [-0.3, -0.25) is 10.2 Å². The van der Waals surface area contributed by atoms with E-state index < -0.39 is 5.97 Å². The Bertz CT molecular complexity index is 281. The predicted octanol–water partition coefficient (Wildman–Crippen LogP) is 0.749. The number of piperidine rings is 1. The summed E-state index contributed by atoms with van der Waals surface area (Å²) >= 11 is 0. The molecule has 2 N–H and O–H groups in total. The summed E-state index contributed by atoms with van der Waals surface area (Å²) in [6.07, 6.45) is 2.80. The summed E-state index contributed by atoms with van der Waals surface area (Å²) in [4.78, 5) is 24.0. The number of nitrogens with one attached hydrogen (secondary N) is 1. The minimum atomic E-state index is -0.764. The van der Waals surface area contributed by atoms with Crippen molar-refractivity contribution < 1.29 is 14.7 Å². The number of aliphatic carboxylic acids is 1. The highest BCUT2D eigenvalue weighted by molar-refractivity contribution is 5.73. The molecule has 6 nitrogen and oxygen atoms in total. The molecule has 1 rings (SSSR count). The number of carbonyl (C=O) groups excluding carboxylic acids is 1. The zero-order valence-electron chi connectivity index (χ0n) is 10.5. The van der Waals surface area contributed by atoms with Crippen molar-refractivity contribution in [2.24, 2.45) is 5.92 Å². The highest BCUT2D eigenvalue weighted by Crippen LogP contribution is 2.20. The zero-order chi connectivity index (χ0) is 12.8. The van der Waals surface area contributed by atoms with Crippen LogP contribution in [-0.4, -0.2) is 54.2 Å². The Kier molecular flexibility index (Phi) is 5.21. The molecule has 1 saturated heterocycles. The average Bonchev–Trinajstić information content (AvgIpc) is 2.26. The quantitative estimate of drug-likeness (QED) is 0.715. The van der Waals surface area contributed by atoms with Gasteiger partial charge in [-0.05, 0) is 25.2 Å². The van der Waals surface area contributed by atoms with Crippen molar-refractivity contribution in [2.45, 2.75) is 25.7 Å². The van der Waals surface area contributed by atoms with Gasteiger partial charge in [0.1, 0.15) is 0 Å². The molecule has 1 aliphatic heterocycles. The van der Waals surface area contributed by atoms with E-state index in [0.29, 0.717) is 18.9 Å². The summed E-state index contributed by atoms with van der Waals surface area (Å²) < 4.78 is 0. The molecular weight excluding hydrogens is 222 g/mol. The summed E-state index contributed by atoms with van der Waals surface area (Å²) in [7, 11) is 3.54.